The van der Waals surface area contributed by atoms with Gasteiger partial charge in [0.2, 0.25) is 0 Å². The number of nitrogens with two attached hydrogens (primary N) is 1. The van der Waals surface area contributed by atoms with Crippen LogP contribution in [0.4, 0.5) is 14.6 Å². The SMILES string of the molecule is CCCCc1nc2c(N)ncc(C)c2n1-c1cccc(S(=O)c2ccc(F)cc2F)c1. The third-order valence-electron chi connectivity index (χ3n) is 5.10. The highest BCUT2D eigenvalue weighted by Gasteiger charge is 2.19. The molecule has 8 heteroatoms. The molecular formula is C23H22F2N4OS. The van der Waals surface area contributed by atoms with E-state index in [9.17, 15) is 13.0 Å². The zero-order valence-electron chi connectivity index (χ0n) is 17.2. The molecule has 2 aromatic heterocycles. The molecule has 2 N–H and O–H groups in total. The summed E-state index contributed by atoms with van der Waals surface area (Å²) in [6.07, 6.45) is 4.39. The molecule has 0 spiro atoms. The lowest BCUT2D eigenvalue weighted by atomic mass is 10.2. The number of hydrogen-bond donors (Lipinski definition) is 1. The maximum absolute atomic E-state index is 14.2. The first kappa shape index (κ1) is 21.1. The number of imidazole rings is 1. The van der Waals surface area contributed by atoms with Crippen molar-refractivity contribution < 1.29 is 13.0 Å². The van der Waals surface area contributed by atoms with Crippen molar-refractivity contribution >= 4 is 27.7 Å². The van der Waals surface area contributed by atoms with Crippen LogP contribution in [0.3, 0.4) is 0 Å². The molecule has 0 aliphatic heterocycles. The van der Waals surface area contributed by atoms with Crippen molar-refractivity contribution in [2.75, 3.05) is 5.73 Å². The zero-order valence-corrected chi connectivity index (χ0v) is 18.0. The Hall–Kier alpha value is -3.13. The summed E-state index contributed by atoms with van der Waals surface area (Å²) >= 11 is 0. The molecule has 4 aromatic rings. The summed E-state index contributed by atoms with van der Waals surface area (Å²) in [5.41, 5.74) is 9.22. The van der Waals surface area contributed by atoms with Crippen molar-refractivity contribution in [3.63, 3.8) is 0 Å². The van der Waals surface area contributed by atoms with Crippen LogP contribution < -0.4 is 5.73 Å². The predicted molar refractivity (Wildman–Crippen MR) is 118 cm³/mol. The van der Waals surface area contributed by atoms with Gasteiger partial charge in [-0.3, -0.25) is 4.57 Å². The second-order valence-corrected chi connectivity index (χ2v) is 8.78. The number of hydrogen-bond acceptors (Lipinski definition) is 4. The van der Waals surface area contributed by atoms with E-state index in [4.69, 9.17) is 10.7 Å². The molecule has 1 atom stereocenters. The summed E-state index contributed by atoms with van der Waals surface area (Å²) in [7, 11) is -1.81. The van der Waals surface area contributed by atoms with Crippen molar-refractivity contribution in [1.29, 1.82) is 0 Å². The number of aryl methyl sites for hydroxylation is 2. The summed E-state index contributed by atoms with van der Waals surface area (Å²) < 4.78 is 42.5. The van der Waals surface area contributed by atoms with Crippen LogP contribution in [0, 0.1) is 18.6 Å². The van der Waals surface area contributed by atoms with Crippen LogP contribution in [0.15, 0.2) is 58.5 Å². The minimum Gasteiger partial charge on any atom is -0.382 e. The van der Waals surface area contributed by atoms with Crippen molar-refractivity contribution in [3.05, 3.63) is 71.7 Å². The van der Waals surface area contributed by atoms with Gasteiger partial charge < -0.3 is 5.73 Å². The number of unbranched alkanes of at least 4 members (excludes halogenated alkanes) is 1. The summed E-state index contributed by atoms with van der Waals surface area (Å²) in [5.74, 6) is -0.366. The number of benzene rings is 2. The Morgan fingerprint density at radius 3 is 2.71 bits per heavy atom. The smallest absolute Gasteiger partial charge is 0.151 e. The normalized spacial score (nSPS) is 12.4. The molecule has 4 rings (SSSR count). The van der Waals surface area contributed by atoms with Gasteiger partial charge in [-0.1, -0.05) is 19.4 Å². The van der Waals surface area contributed by atoms with E-state index < -0.39 is 22.4 Å². The minimum absolute atomic E-state index is 0.0649. The number of nitrogen functional groups attached to an aromatic ring is 1. The highest BCUT2D eigenvalue weighted by Crippen LogP contribution is 2.29. The molecule has 160 valence electrons. The van der Waals surface area contributed by atoms with Crippen LogP contribution in [0.1, 0.15) is 31.2 Å². The average Bonchev–Trinajstić information content (AvgIpc) is 3.15. The fourth-order valence-electron chi connectivity index (χ4n) is 3.57. The Balaban J connectivity index is 1.87. The van der Waals surface area contributed by atoms with Crippen LogP contribution >= 0.6 is 0 Å². The van der Waals surface area contributed by atoms with Gasteiger partial charge in [-0.05, 0) is 49.2 Å². The molecule has 0 aliphatic rings. The molecule has 0 saturated carbocycles. The van der Waals surface area contributed by atoms with Gasteiger partial charge in [0.25, 0.3) is 0 Å². The third-order valence-corrected chi connectivity index (χ3v) is 6.51. The fraction of sp³-hybridized carbons (Fsp3) is 0.217. The highest BCUT2D eigenvalue weighted by atomic mass is 32.2. The lowest BCUT2D eigenvalue weighted by molar-refractivity contribution is 0.562. The standard InChI is InChI=1S/C23H22F2N4OS/c1-3-4-8-20-28-21-22(14(2)13-27-23(21)26)29(20)16-6-5-7-17(12-16)31(30)19-10-9-15(24)11-18(19)25/h5-7,9-13H,3-4,8H2,1-2H3,(H2,26,27). The number of fused-ring (bicyclic) bond motifs is 1. The van der Waals surface area contributed by atoms with Crippen LogP contribution in [0.5, 0.6) is 0 Å². The lowest BCUT2D eigenvalue weighted by Crippen LogP contribution is -2.04. The predicted octanol–water partition coefficient (Wildman–Crippen LogP) is 5.10. The van der Waals surface area contributed by atoms with E-state index in [1.54, 1.807) is 24.4 Å². The summed E-state index contributed by atoms with van der Waals surface area (Å²) in [6, 6.07) is 10.1. The number of rotatable bonds is 6. The molecule has 0 amide bonds. The van der Waals surface area contributed by atoms with Gasteiger partial charge in [0.15, 0.2) is 5.82 Å². The van der Waals surface area contributed by atoms with Crippen LogP contribution in [0.2, 0.25) is 0 Å². The van der Waals surface area contributed by atoms with E-state index in [0.29, 0.717) is 16.2 Å². The first-order valence-electron chi connectivity index (χ1n) is 10.0. The molecule has 0 aliphatic carbocycles. The van der Waals surface area contributed by atoms with Crippen LogP contribution in [0.25, 0.3) is 16.7 Å². The third kappa shape index (κ3) is 3.95. The molecule has 5 nitrogen and oxygen atoms in total. The molecular weight excluding hydrogens is 418 g/mol. The largest absolute Gasteiger partial charge is 0.382 e. The maximum Gasteiger partial charge on any atom is 0.151 e. The Labute approximate surface area is 181 Å². The summed E-state index contributed by atoms with van der Waals surface area (Å²) in [4.78, 5) is 9.30. The molecule has 0 bridgehead atoms. The van der Waals surface area contributed by atoms with E-state index in [2.05, 4.69) is 11.9 Å². The average molecular weight is 441 g/mol. The van der Waals surface area contributed by atoms with E-state index in [-0.39, 0.29) is 4.90 Å². The van der Waals surface area contributed by atoms with E-state index in [1.807, 2.05) is 17.6 Å². The van der Waals surface area contributed by atoms with Crippen molar-refractivity contribution in [2.45, 2.75) is 42.9 Å². The maximum atomic E-state index is 14.2. The molecule has 0 fully saturated rings. The van der Waals surface area contributed by atoms with Gasteiger partial charge in [-0.2, -0.15) is 0 Å². The van der Waals surface area contributed by atoms with Crippen LogP contribution in [-0.2, 0) is 17.2 Å². The minimum atomic E-state index is -1.81. The first-order chi connectivity index (χ1) is 14.9. The van der Waals surface area contributed by atoms with Crippen molar-refractivity contribution in [3.8, 4) is 5.69 Å². The van der Waals surface area contributed by atoms with Gasteiger partial charge in [-0.15, -0.1) is 0 Å². The zero-order chi connectivity index (χ0) is 22.1. The van der Waals surface area contributed by atoms with Crippen molar-refractivity contribution in [2.24, 2.45) is 0 Å². The number of halogens is 2. The highest BCUT2D eigenvalue weighted by molar-refractivity contribution is 7.85. The van der Waals surface area contributed by atoms with Gasteiger partial charge in [0, 0.05) is 29.3 Å². The van der Waals surface area contributed by atoms with E-state index >= 15 is 0 Å². The molecule has 2 aromatic carbocycles. The van der Waals surface area contributed by atoms with Crippen LogP contribution in [-0.4, -0.2) is 18.7 Å². The first-order valence-corrected chi connectivity index (χ1v) is 11.1. The number of anilines is 1. The second kappa shape index (κ2) is 8.55. The quantitative estimate of drug-likeness (QED) is 0.453. The van der Waals surface area contributed by atoms with E-state index in [0.717, 1.165) is 54.0 Å². The monoisotopic (exact) mass is 440 g/mol. The topological polar surface area (TPSA) is 73.8 Å². The Morgan fingerprint density at radius 1 is 1.16 bits per heavy atom. The van der Waals surface area contributed by atoms with Gasteiger partial charge in [0.1, 0.15) is 23.0 Å². The number of nitrogens with zero attached hydrogens (tertiary/aromatic N) is 3. The second-order valence-electron chi connectivity index (χ2n) is 7.33. The summed E-state index contributed by atoms with van der Waals surface area (Å²) in [5, 5.41) is 0. The fourth-order valence-corrected chi connectivity index (χ4v) is 4.68. The van der Waals surface area contributed by atoms with Gasteiger partial charge in [0.05, 0.1) is 21.2 Å². The molecule has 0 radical (unpaired) electrons. The van der Waals surface area contributed by atoms with Gasteiger partial charge >= 0.3 is 0 Å². The number of pyridine rings is 1. The van der Waals surface area contributed by atoms with Crippen molar-refractivity contribution in [1.82, 2.24) is 14.5 Å². The van der Waals surface area contributed by atoms with Gasteiger partial charge in [-0.25, -0.2) is 23.0 Å². The molecule has 1 unspecified atom stereocenters. The Kier molecular flexibility index (Phi) is 5.82. The van der Waals surface area contributed by atoms with E-state index in [1.165, 1.54) is 6.07 Å². The number of aromatic nitrogens is 3. The Morgan fingerprint density at radius 2 is 1.97 bits per heavy atom. The molecule has 31 heavy (non-hydrogen) atoms. The molecule has 0 saturated heterocycles. The summed E-state index contributed by atoms with van der Waals surface area (Å²) in [6.45, 7) is 4.04. The lowest BCUT2D eigenvalue weighted by Gasteiger charge is -2.12. The molecule has 2 heterocycles. The Bertz CT molecular complexity index is 1300.